The molecule has 1 aromatic carbocycles. The summed E-state index contributed by atoms with van der Waals surface area (Å²) in [6, 6.07) is 12.3. The van der Waals surface area contributed by atoms with Crippen molar-refractivity contribution in [2.24, 2.45) is 0 Å². The minimum absolute atomic E-state index is 0.152. The average Bonchev–Trinajstić information content (AvgIpc) is 2.58. The Balaban J connectivity index is 1.87. The van der Waals surface area contributed by atoms with Crippen LogP contribution in [-0.2, 0) is 6.42 Å². The zero-order valence-electron chi connectivity index (χ0n) is 14.7. The van der Waals surface area contributed by atoms with E-state index in [9.17, 15) is 4.79 Å². The zero-order valence-corrected chi connectivity index (χ0v) is 14.7. The average molecular weight is 326 g/mol. The van der Waals surface area contributed by atoms with Crippen LogP contribution in [0.1, 0.15) is 48.4 Å². The van der Waals surface area contributed by atoms with E-state index < -0.39 is 0 Å². The molecule has 1 unspecified atom stereocenters. The lowest BCUT2D eigenvalue weighted by atomic mass is 10.1. The molecule has 2 N–H and O–H groups in total. The van der Waals surface area contributed by atoms with Gasteiger partial charge in [0, 0.05) is 18.3 Å². The number of carbonyl (C=O) groups excluding carboxylic acids is 1. The largest absolute Gasteiger partial charge is 0.352 e. The fourth-order valence-corrected chi connectivity index (χ4v) is 2.30. The number of benzene rings is 1. The van der Waals surface area contributed by atoms with Crippen LogP contribution in [-0.4, -0.2) is 28.5 Å². The monoisotopic (exact) mass is 326 g/mol. The van der Waals surface area contributed by atoms with Gasteiger partial charge in [0.15, 0.2) is 0 Å². The molecule has 128 valence electrons. The molecule has 0 fully saturated rings. The van der Waals surface area contributed by atoms with Crippen molar-refractivity contribution in [1.29, 1.82) is 0 Å². The Morgan fingerprint density at radius 3 is 2.67 bits per heavy atom. The van der Waals surface area contributed by atoms with E-state index in [4.69, 9.17) is 0 Å². The Morgan fingerprint density at radius 1 is 1.21 bits per heavy atom. The predicted molar refractivity (Wildman–Crippen MR) is 97.2 cm³/mol. The number of hydrogen-bond donors (Lipinski definition) is 2. The number of anilines is 1. The van der Waals surface area contributed by atoms with Crippen LogP contribution in [0.15, 0.2) is 36.4 Å². The first kappa shape index (κ1) is 17.9. The second kappa shape index (κ2) is 9.01. The van der Waals surface area contributed by atoms with Gasteiger partial charge in [0.25, 0.3) is 5.91 Å². The van der Waals surface area contributed by atoms with Crippen LogP contribution in [0.3, 0.4) is 0 Å². The molecule has 24 heavy (non-hydrogen) atoms. The number of aromatic nitrogens is 2. The molecule has 2 aromatic rings. The Kier molecular flexibility index (Phi) is 6.73. The molecule has 1 amide bonds. The van der Waals surface area contributed by atoms with Crippen molar-refractivity contribution in [3.63, 3.8) is 0 Å². The van der Waals surface area contributed by atoms with Gasteiger partial charge in [0.2, 0.25) is 5.95 Å². The maximum absolute atomic E-state index is 12.3. The van der Waals surface area contributed by atoms with E-state index in [0.717, 1.165) is 25.0 Å². The van der Waals surface area contributed by atoms with Gasteiger partial charge in [-0.15, -0.1) is 0 Å². The van der Waals surface area contributed by atoms with Crippen molar-refractivity contribution in [2.75, 3.05) is 11.9 Å². The third kappa shape index (κ3) is 5.65. The van der Waals surface area contributed by atoms with Crippen LogP contribution in [0.2, 0.25) is 0 Å². The third-order valence-corrected chi connectivity index (χ3v) is 3.85. The number of amides is 1. The number of nitrogens with zero attached hydrogens (tertiary/aromatic N) is 2. The summed E-state index contributed by atoms with van der Waals surface area (Å²) in [7, 11) is 0. The van der Waals surface area contributed by atoms with Crippen LogP contribution in [0, 0.1) is 6.92 Å². The molecule has 5 heteroatoms. The number of aryl methyl sites for hydroxylation is 2. The normalized spacial score (nSPS) is 11.8. The molecule has 1 atom stereocenters. The van der Waals surface area contributed by atoms with Gasteiger partial charge in [0.1, 0.15) is 5.69 Å². The lowest BCUT2D eigenvalue weighted by Crippen LogP contribution is -2.27. The molecule has 0 aliphatic heterocycles. The molecule has 5 nitrogen and oxygen atoms in total. The molecule has 2 rings (SSSR count). The maximum Gasteiger partial charge on any atom is 0.270 e. The molecule has 0 bridgehead atoms. The molecule has 1 aromatic heterocycles. The smallest absolute Gasteiger partial charge is 0.270 e. The molecule has 0 aliphatic carbocycles. The Bertz CT molecular complexity index is 658. The quantitative estimate of drug-likeness (QED) is 0.730. The molecule has 0 aliphatic rings. The summed E-state index contributed by atoms with van der Waals surface area (Å²) >= 11 is 0. The van der Waals surface area contributed by atoms with Crippen molar-refractivity contribution in [3.8, 4) is 0 Å². The SMILES string of the molecule is CCC(C)Nc1nc(C)cc(C(=O)NCCCc2ccccc2)n1. The zero-order chi connectivity index (χ0) is 17.4. The summed E-state index contributed by atoms with van der Waals surface area (Å²) in [5, 5.41) is 6.15. The van der Waals surface area contributed by atoms with Crippen molar-refractivity contribution in [2.45, 2.75) is 46.1 Å². The summed E-state index contributed by atoms with van der Waals surface area (Å²) in [6.45, 7) is 6.66. The van der Waals surface area contributed by atoms with Crippen LogP contribution in [0.25, 0.3) is 0 Å². The number of nitrogens with one attached hydrogen (secondary N) is 2. The van der Waals surface area contributed by atoms with Gasteiger partial charge in [-0.2, -0.15) is 0 Å². The second-order valence-electron chi connectivity index (χ2n) is 6.02. The molecular formula is C19H26N4O. The maximum atomic E-state index is 12.3. The van der Waals surface area contributed by atoms with Gasteiger partial charge in [-0.1, -0.05) is 37.3 Å². The van der Waals surface area contributed by atoms with E-state index >= 15 is 0 Å². The van der Waals surface area contributed by atoms with Gasteiger partial charge in [-0.05, 0) is 44.7 Å². The van der Waals surface area contributed by atoms with Gasteiger partial charge in [0.05, 0.1) is 0 Å². The summed E-state index contributed by atoms with van der Waals surface area (Å²) in [6.07, 6.45) is 2.82. The molecule has 0 saturated carbocycles. The molecule has 0 saturated heterocycles. The summed E-state index contributed by atoms with van der Waals surface area (Å²) in [4.78, 5) is 20.9. The molecule has 1 heterocycles. The Labute approximate surface area is 143 Å². The highest BCUT2D eigenvalue weighted by Gasteiger charge is 2.11. The topological polar surface area (TPSA) is 66.9 Å². The Morgan fingerprint density at radius 2 is 1.96 bits per heavy atom. The first-order valence-corrected chi connectivity index (χ1v) is 8.53. The molecule has 0 spiro atoms. The first-order valence-electron chi connectivity index (χ1n) is 8.53. The molecular weight excluding hydrogens is 300 g/mol. The van der Waals surface area contributed by atoms with Crippen molar-refractivity contribution in [3.05, 3.63) is 53.3 Å². The minimum Gasteiger partial charge on any atom is -0.352 e. The van der Waals surface area contributed by atoms with E-state index in [2.05, 4.69) is 46.6 Å². The van der Waals surface area contributed by atoms with E-state index in [1.54, 1.807) is 6.07 Å². The van der Waals surface area contributed by atoms with Gasteiger partial charge in [-0.25, -0.2) is 9.97 Å². The highest BCUT2D eigenvalue weighted by Crippen LogP contribution is 2.08. The lowest BCUT2D eigenvalue weighted by molar-refractivity contribution is 0.0948. The third-order valence-electron chi connectivity index (χ3n) is 3.85. The number of carbonyl (C=O) groups is 1. The van der Waals surface area contributed by atoms with Crippen molar-refractivity contribution >= 4 is 11.9 Å². The fraction of sp³-hybridized carbons (Fsp3) is 0.421. The number of rotatable bonds is 8. The lowest BCUT2D eigenvalue weighted by Gasteiger charge is -2.12. The fourth-order valence-electron chi connectivity index (χ4n) is 2.30. The summed E-state index contributed by atoms with van der Waals surface area (Å²) < 4.78 is 0. The molecule has 0 radical (unpaired) electrons. The Hall–Kier alpha value is -2.43. The van der Waals surface area contributed by atoms with Crippen molar-refractivity contribution in [1.82, 2.24) is 15.3 Å². The summed E-state index contributed by atoms with van der Waals surface area (Å²) in [5.74, 6) is 0.361. The van der Waals surface area contributed by atoms with E-state index in [1.165, 1.54) is 5.56 Å². The number of hydrogen-bond acceptors (Lipinski definition) is 4. The van der Waals surface area contributed by atoms with Gasteiger partial charge < -0.3 is 10.6 Å². The van der Waals surface area contributed by atoms with Gasteiger partial charge in [-0.3, -0.25) is 4.79 Å². The van der Waals surface area contributed by atoms with Crippen LogP contribution in [0.5, 0.6) is 0 Å². The second-order valence-corrected chi connectivity index (χ2v) is 6.02. The minimum atomic E-state index is -0.152. The highest BCUT2D eigenvalue weighted by molar-refractivity contribution is 5.92. The standard InChI is InChI=1S/C19H26N4O/c1-4-14(2)21-19-22-15(3)13-17(23-19)18(24)20-12-8-11-16-9-6-5-7-10-16/h5-7,9-10,13-14H,4,8,11-12H2,1-3H3,(H,20,24)(H,21,22,23). The van der Waals surface area contributed by atoms with Gasteiger partial charge >= 0.3 is 0 Å². The highest BCUT2D eigenvalue weighted by atomic mass is 16.1. The first-order chi connectivity index (χ1) is 11.6. The van der Waals surface area contributed by atoms with Crippen LogP contribution >= 0.6 is 0 Å². The summed E-state index contributed by atoms with van der Waals surface area (Å²) in [5.41, 5.74) is 2.47. The van der Waals surface area contributed by atoms with E-state index in [-0.39, 0.29) is 11.9 Å². The van der Waals surface area contributed by atoms with Crippen LogP contribution < -0.4 is 10.6 Å². The van der Waals surface area contributed by atoms with E-state index in [1.807, 2.05) is 25.1 Å². The van der Waals surface area contributed by atoms with Crippen molar-refractivity contribution < 1.29 is 4.79 Å². The van der Waals surface area contributed by atoms with Crippen LogP contribution in [0.4, 0.5) is 5.95 Å². The predicted octanol–water partition coefficient (Wildman–Crippen LogP) is 3.36. The van der Waals surface area contributed by atoms with E-state index in [0.29, 0.717) is 18.2 Å².